The molecular weight excluding hydrogens is 294 g/mol. The Balaban J connectivity index is 5.27. The lowest BCUT2D eigenvalue weighted by Crippen LogP contribution is -2.46. The summed E-state index contributed by atoms with van der Waals surface area (Å²) in [7, 11) is 0. The summed E-state index contributed by atoms with van der Waals surface area (Å²) < 4.78 is 90.9. The Morgan fingerprint density at radius 1 is 0.857 bits per heavy atom. The zero-order chi connectivity index (χ0) is 11.7. The van der Waals surface area contributed by atoms with Gasteiger partial charge in [0.25, 0.3) is 0 Å². The molecule has 0 aliphatic carbocycles. The molecule has 0 saturated heterocycles. The van der Waals surface area contributed by atoms with E-state index in [1.165, 1.54) is 15.9 Å². The fourth-order valence-electron chi connectivity index (χ4n) is 0.451. The van der Waals surface area contributed by atoms with E-state index in [0.717, 1.165) is 0 Å². The highest BCUT2D eigenvalue weighted by Gasteiger charge is 2.56. The third-order valence-electron chi connectivity index (χ3n) is 0.859. The maximum absolute atomic E-state index is 12.1. The van der Waals surface area contributed by atoms with Gasteiger partial charge in [0.05, 0.1) is 0 Å². The molecule has 0 amide bonds. The average molecular weight is 294 g/mol. The number of nitrogens with zero attached hydrogens (tertiary/aromatic N) is 1. The van der Waals surface area contributed by atoms with E-state index in [0.29, 0.717) is 0 Å². The van der Waals surface area contributed by atoms with Crippen LogP contribution in [0.1, 0.15) is 0 Å². The lowest BCUT2D eigenvalue weighted by Gasteiger charge is -2.26. The van der Waals surface area contributed by atoms with Crippen molar-refractivity contribution < 1.29 is 35.1 Å². The molecule has 0 N–H and O–H groups in total. The summed E-state index contributed by atoms with van der Waals surface area (Å²) in [5.74, 6) is -3.11. The SMILES string of the molecule is F/C(Br)=C(/F)N(C(F)(F)F)C(F)(F)F. The van der Waals surface area contributed by atoms with Crippen LogP contribution in [0.4, 0.5) is 35.1 Å². The second kappa shape index (κ2) is 3.91. The zero-order valence-corrected chi connectivity index (χ0v) is 7.43. The Morgan fingerprint density at radius 3 is 1.21 bits per heavy atom. The zero-order valence-electron chi connectivity index (χ0n) is 5.85. The van der Waals surface area contributed by atoms with E-state index < -0.39 is 28.2 Å². The van der Waals surface area contributed by atoms with Gasteiger partial charge in [-0.25, -0.2) is 0 Å². The van der Waals surface area contributed by atoms with E-state index in [1.807, 2.05) is 0 Å². The minimum atomic E-state index is -6.09. The van der Waals surface area contributed by atoms with Gasteiger partial charge in [-0.2, -0.15) is 13.7 Å². The van der Waals surface area contributed by atoms with Gasteiger partial charge in [-0.05, 0) is 15.9 Å². The second-order valence-corrected chi connectivity index (χ2v) is 2.52. The molecule has 0 aromatic carbocycles. The fraction of sp³-hybridized carbons (Fsp3) is 0.500. The smallest absolute Gasteiger partial charge is 0.194 e. The molecule has 0 bridgehead atoms. The molecular formula is C4BrF8N. The van der Waals surface area contributed by atoms with Gasteiger partial charge < -0.3 is 0 Å². The monoisotopic (exact) mass is 293 g/mol. The van der Waals surface area contributed by atoms with Crippen LogP contribution in [0, 0.1) is 0 Å². The van der Waals surface area contributed by atoms with Crippen LogP contribution in [-0.2, 0) is 0 Å². The maximum atomic E-state index is 12.1. The number of halogens is 9. The summed E-state index contributed by atoms with van der Waals surface area (Å²) in [6, 6.07) is 0. The topological polar surface area (TPSA) is 3.24 Å². The van der Waals surface area contributed by atoms with Crippen molar-refractivity contribution in [1.29, 1.82) is 0 Å². The molecule has 0 aliphatic rings. The molecule has 0 unspecified atom stereocenters. The summed E-state index contributed by atoms with van der Waals surface area (Å²) in [6.45, 7) is 0. The molecule has 14 heavy (non-hydrogen) atoms. The maximum Gasteiger partial charge on any atom is 0.493 e. The lowest BCUT2D eigenvalue weighted by molar-refractivity contribution is -0.365. The molecule has 84 valence electrons. The first-order valence-corrected chi connectivity index (χ1v) is 3.41. The first-order chi connectivity index (χ1) is 5.98. The summed E-state index contributed by atoms with van der Waals surface area (Å²) in [6.07, 6.45) is -12.2. The minimum Gasteiger partial charge on any atom is -0.194 e. The molecule has 0 atom stereocenters. The summed E-state index contributed by atoms with van der Waals surface area (Å²) in [5.41, 5.74) is 0. The van der Waals surface area contributed by atoms with E-state index in [9.17, 15) is 35.1 Å². The third-order valence-corrected chi connectivity index (χ3v) is 1.19. The highest BCUT2D eigenvalue weighted by atomic mass is 79.9. The average Bonchev–Trinajstić information content (AvgIpc) is 1.79. The van der Waals surface area contributed by atoms with Crippen molar-refractivity contribution in [3.8, 4) is 0 Å². The van der Waals surface area contributed by atoms with E-state index in [1.54, 1.807) is 0 Å². The molecule has 0 aliphatic heterocycles. The molecule has 0 spiro atoms. The molecule has 0 saturated carbocycles. The molecule has 0 heterocycles. The van der Waals surface area contributed by atoms with Gasteiger partial charge in [0, 0.05) is 0 Å². The molecule has 0 rings (SSSR count). The number of hydrogen-bond acceptors (Lipinski definition) is 1. The predicted molar refractivity (Wildman–Crippen MR) is 32.1 cm³/mol. The van der Waals surface area contributed by atoms with Gasteiger partial charge in [0.1, 0.15) is 0 Å². The van der Waals surface area contributed by atoms with Gasteiger partial charge in [0.15, 0.2) is 0 Å². The Labute approximate surface area is 80.1 Å². The largest absolute Gasteiger partial charge is 0.493 e. The molecule has 0 aromatic rings. The minimum absolute atomic E-state index is 1.52. The van der Waals surface area contributed by atoms with Crippen LogP contribution in [0.5, 0.6) is 0 Å². The summed E-state index contributed by atoms with van der Waals surface area (Å²) >= 11 is 1.52. The van der Waals surface area contributed by atoms with Gasteiger partial charge >= 0.3 is 12.6 Å². The molecule has 1 nitrogen and oxygen atoms in total. The normalized spacial score (nSPS) is 15.2. The molecule has 0 fully saturated rings. The van der Waals surface area contributed by atoms with Crippen molar-refractivity contribution in [2.45, 2.75) is 12.6 Å². The van der Waals surface area contributed by atoms with Gasteiger partial charge in [-0.1, -0.05) is 0 Å². The predicted octanol–water partition coefficient (Wildman–Crippen LogP) is 3.79. The quantitative estimate of drug-likeness (QED) is 0.525. The highest BCUT2D eigenvalue weighted by Crippen LogP contribution is 2.39. The van der Waals surface area contributed by atoms with Gasteiger partial charge in [-0.15, -0.1) is 26.3 Å². The van der Waals surface area contributed by atoms with Crippen LogP contribution in [0.2, 0.25) is 0 Å². The van der Waals surface area contributed by atoms with Crippen LogP contribution < -0.4 is 0 Å². The van der Waals surface area contributed by atoms with Crippen molar-refractivity contribution >= 4 is 15.9 Å². The van der Waals surface area contributed by atoms with Crippen LogP contribution in [-0.4, -0.2) is 17.5 Å². The van der Waals surface area contributed by atoms with E-state index in [-0.39, 0.29) is 0 Å². The van der Waals surface area contributed by atoms with Crippen molar-refractivity contribution in [2.24, 2.45) is 0 Å². The Bertz CT molecular complexity index is 221. The molecule has 0 aromatic heterocycles. The fourth-order valence-corrected chi connectivity index (χ4v) is 0.628. The molecule has 0 radical (unpaired) electrons. The lowest BCUT2D eigenvalue weighted by atomic mass is 10.7. The van der Waals surface area contributed by atoms with Crippen LogP contribution in [0.3, 0.4) is 0 Å². The van der Waals surface area contributed by atoms with Gasteiger partial charge in [0.2, 0.25) is 10.7 Å². The summed E-state index contributed by atoms with van der Waals surface area (Å²) in [4.78, 5) is -2.59. The number of rotatable bonds is 1. The number of hydrogen-bond donors (Lipinski definition) is 0. The third kappa shape index (κ3) is 3.31. The van der Waals surface area contributed by atoms with E-state index in [2.05, 4.69) is 0 Å². The Hall–Kier alpha value is -0.540. The summed E-state index contributed by atoms with van der Waals surface area (Å²) in [5, 5.41) is 0. The van der Waals surface area contributed by atoms with Crippen LogP contribution >= 0.6 is 15.9 Å². The van der Waals surface area contributed by atoms with Gasteiger partial charge in [-0.3, -0.25) is 0 Å². The standard InChI is InChI=1S/C4BrF8N/c5-1(6)2(7)14(3(8,9)10)4(11,12)13/b2-1-. The second-order valence-electron chi connectivity index (χ2n) is 1.82. The van der Waals surface area contributed by atoms with Crippen molar-refractivity contribution in [3.05, 3.63) is 10.7 Å². The van der Waals surface area contributed by atoms with E-state index in [4.69, 9.17) is 0 Å². The molecule has 10 heteroatoms. The first kappa shape index (κ1) is 13.5. The Morgan fingerprint density at radius 2 is 1.14 bits per heavy atom. The van der Waals surface area contributed by atoms with Crippen LogP contribution in [0.25, 0.3) is 0 Å². The van der Waals surface area contributed by atoms with Crippen molar-refractivity contribution in [2.75, 3.05) is 0 Å². The highest BCUT2D eigenvalue weighted by molar-refractivity contribution is 9.11. The van der Waals surface area contributed by atoms with E-state index >= 15 is 0 Å². The first-order valence-electron chi connectivity index (χ1n) is 2.62. The van der Waals surface area contributed by atoms with Crippen molar-refractivity contribution in [3.63, 3.8) is 0 Å². The number of alkyl halides is 6. The van der Waals surface area contributed by atoms with Crippen molar-refractivity contribution in [1.82, 2.24) is 4.90 Å². The Kier molecular flexibility index (Phi) is 3.76. The van der Waals surface area contributed by atoms with Crippen LogP contribution in [0.15, 0.2) is 10.7 Å².